The lowest BCUT2D eigenvalue weighted by Crippen LogP contribution is -2.27. The molecule has 0 aliphatic rings. The average molecular weight is 519 g/mol. The molecule has 1 heterocycles. The normalized spacial score (nSPS) is 10.4. The van der Waals surface area contributed by atoms with Gasteiger partial charge < -0.3 is 24.3 Å². The van der Waals surface area contributed by atoms with Crippen molar-refractivity contribution in [3.05, 3.63) is 47.5 Å². The van der Waals surface area contributed by atoms with Crippen LogP contribution in [0.3, 0.4) is 0 Å². The summed E-state index contributed by atoms with van der Waals surface area (Å²) < 4.78 is 21.5. The summed E-state index contributed by atoms with van der Waals surface area (Å²) in [5, 5.41) is 13.9. The van der Waals surface area contributed by atoms with Crippen molar-refractivity contribution in [3.8, 4) is 23.0 Å². The van der Waals surface area contributed by atoms with Gasteiger partial charge in [-0.1, -0.05) is 29.2 Å². The molecule has 0 aliphatic carbocycles. The number of rotatable bonds is 12. The van der Waals surface area contributed by atoms with Crippen LogP contribution in [0.5, 0.6) is 23.0 Å². The van der Waals surface area contributed by atoms with Gasteiger partial charge in [0, 0.05) is 12.1 Å². The number of benzene rings is 2. The number of amides is 2. The van der Waals surface area contributed by atoms with E-state index in [-0.39, 0.29) is 17.6 Å². The molecule has 186 valence electrons. The fourth-order valence-corrected chi connectivity index (χ4v) is 4.60. The van der Waals surface area contributed by atoms with Gasteiger partial charge in [0.05, 0.1) is 34.2 Å². The van der Waals surface area contributed by atoms with E-state index < -0.39 is 0 Å². The molecule has 12 heteroatoms. The molecule has 2 N–H and O–H groups in total. The monoisotopic (exact) mass is 518 g/mol. The first kappa shape index (κ1) is 26.1. The summed E-state index contributed by atoms with van der Waals surface area (Å²) in [5.74, 6) is 1.99. The van der Waals surface area contributed by atoms with E-state index in [0.717, 1.165) is 5.56 Å². The Kier molecular flexibility index (Phi) is 9.56. The van der Waals surface area contributed by atoms with Gasteiger partial charge >= 0.3 is 0 Å². The van der Waals surface area contributed by atoms with Gasteiger partial charge in [-0.2, -0.15) is 0 Å². The fourth-order valence-electron chi connectivity index (χ4n) is 3.03. The number of carbonyl (C=O) groups excluding carboxylic acids is 2. The minimum atomic E-state index is -0.355. The van der Waals surface area contributed by atoms with Crippen LogP contribution in [0, 0.1) is 0 Å². The minimum absolute atomic E-state index is 0.124. The molecule has 0 radical (unpaired) electrons. The lowest BCUT2D eigenvalue weighted by atomic mass is 10.1. The zero-order valence-electron chi connectivity index (χ0n) is 19.7. The van der Waals surface area contributed by atoms with E-state index in [1.807, 2.05) is 18.2 Å². The van der Waals surface area contributed by atoms with Crippen LogP contribution >= 0.6 is 23.1 Å². The van der Waals surface area contributed by atoms with Crippen LogP contribution in [0.4, 0.5) is 5.13 Å². The molecule has 0 saturated carbocycles. The summed E-state index contributed by atoms with van der Waals surface area (Å²) >= 11 is 2.44. The summed E-state index contributed by atoms with van der Waals surface area (Å²) in [5.41, 5.74) is 1.41. The standard InChI is InChI=1S/C23H26N4O6S2/c1-30-16-7-5-14(11-18(16)32-3)9-10-24-20(28)13-34-23-27-26-22(35-23)25-21(29)15-6-8-17(31-2)19(12-15)33-4/h5-8,11-12H,9-10,13H2,1-4H3,(H,24,28)(H,25,26,29). The van der Waals surface area contributed by atoms with Crippen LogP contribution in [0.2, 0.25) is 0 Å². The predicted molar refractivity (Wildman–Crippen MR) is 134 cm³/mol. The van der Waals surface area contributed by atoms with E-state index in [0.29, 0.717) is 51.0 Å². The number of carbonyl (C=O) groups is 2. The summed E-state index contributed by atoms with van der Waals surface area (Å²) in [6, 6.07) is 10.5. The highest BCUT2D eigenvalue weighted by atomic mass is 32.2. The van der Waals surface area contributed by atoms with Crippen molar-refractivity contribution in [3.63, 3.8) is 0 Å². The second-order valence-corrected chi connectivity index (χ2v) is 9.17. The molecule has 0 atom stereocenters. The average Bonchev–Trinajstić information content (AvgIpc) is 3.33. The van der Waals surface area contributed by atoms with Gasteiger partial charge in [0.2, 0.25) is 11.0 Å². The Morgan fingerprint density at radius 1 is 0.886 bits per heavy atom. The molecule has 0 bridgehead atoms. The smallest absolute Gasteiger partial charge is 0.257 e. The second-order valence-electron chi connectivity index (χ2n) is 6.97. The number of ether oxygens (including phenoxy) is 4. The number of nitrogens with zero attached hydrogens (tertiary/aromatic N) is 2. The highest BCUT2D eigenvalue weighted by Crippen LogP contribution is 2.30. The number of hydrogen-bond acceptors (Lipinski definition) is 10. The maximum atomic E-state index is 12.5. The molecule has 35 heavy (non-hydrogen) atoms. The first-order valence-electron chi connectivity index (χ1n) is 10.4. The largest absolute Gasteiger partial charge is 0.493 e. The van der Waals surface area contributed by atoms with Gasteiger partial charge in [-0.3, -0.25) is 14.9 Å². The maximum Gasteiger partial charge on any atom is 0.257 e. The lowest BCUT2D eigenvalue weighted by molar-refractivity contribution is -0.118. The number of nitrogens with one attached hydrogen (secondary N) is 2. The summed E-state index contributed by atoms with van der Waals surface area (Å²) in [4.78, 5) is 24.7. The highest BCUT2D eigenvalue weighted by Gasteiger charge is 2.14. The first-order valence-corrected chi connectivity index (χ1v) is 12.2. The van der Waals surface area contributed by atoms with Crippen LogP contribution in [0.25, 0.3) is 0 Å². The molecular formula is C23H26N4O6S2. The molecule has 3 rings (SSSR count). The van der Waals surface area contributed by atoms with Crippen molar-refractivity contribution in [2.75, 3.05) is 46.1 Å². The molecule has 2 amide bonds. The third-order valence-electron chi connectivity index (χ3n) is 4.78. The molecule has 2 aromatic carbocycles. The Morgan fingerprint density at radius 2 is 1.54 bits per heavy atom. The van der Waals surface area contributed by atoms with Gasteiger partial charge in [-0.15, -0.1) is 10.2 Å². The Hall–Kier alpha value is -3.51. The fraction of sp³-hybridized carbons (Fsp3) is 0.304. The molecule has 0 aliphatic heterocycles. The van der Waals surface area contributed by atoms with Gasteiger partial charge in [0.25, 0.3) is 5.91 Å². The summed E-state index contributed by atoms with van der Waals surface area (Å²) in [6.07, 6.45) is 0.655. The number of hydrogen-bond donors (Lipinski definition) is 2. The molecule has 0 spiro atoms. The van der Waals surface area contributed by atoms with E-state index in [1.165, 1.54) is 37.3 Å². The molecule has 3 aromatic rings. The zero-order valence-corrected chi connectivity index (χ0v) is 21.4. The first-order chi connectivity index (χ1) is 17.0. The number of methoxy groups -OCH3 is 4. The van der Waals surface area contributed by atoms with Crippen LogP contribution in [0.1, 0.15) is 15.9 Å². The molecule has 1 aromatic heterocycles. The van der Waals surface area contributed by atoms with E-state index in [9.17, 15) is 9.59 Å². The Labute approximate surface area is 211 Å². The second kappa shape index (κ2) is 12.8. The number of thioether (sulfide) groups is 1. The van der Waals surface area contributed by atoms with E-state index in [1.54, 1.807) is 32.4 Å². The molecule has 10 nitrogen and oxygen atoms in total. The van der Waals surface area contributed by atoms with Gasteiger partial charge in [0.15, 0.2) is 27.3 Å². The molecule has 0 unspecified atom stereocenters. The summed E-state index contributed by atoms with van der Waals surface area (Å²) in [6.45, 7) is 0.484. The van der Waals surface area contributed by atoms with Crippen LogP contribution in [0.15, 0.2) is 40.7 Å². The lowest BCUT2D eigenvalue weighted by Gasteiger charge is -2.10. The maximum absolute atomic E-state index is 12.5. The Balaban J connectivity index is 1.44. The topological polar surface area (TPSA) is 121 Å². The minimum Gasteiger partial charge on any atom is -0.493 e. The van der Waals surface area contributed by atoms with Crippen molar-refractivity contribution in [2.45, 2.75) is 10.8 Å². The van der Waals surface area contributed by atoms with Crippen LogP contribution < -0.4 is 29.6 Å². The quantitative estimate of drug-likeness (QED) is 0.275. The van der Waals surface area contributed by atoms with Gasteiger partial charge in [0.1, 0.15) is 0 Å². The Morgan fingerprint density at radius 3 is 2.23 bits per heavy atom. The Bertz CT molecular complexity index is 1170. The molecular weight excluding hydrogens is 492 g/mol. The number of aromatic nitrogens is 2. The van der Waals surface area contributed by atoms with Crippen LogP contribution in [-0.2, 0) is 11.2 Å². The molecule has 0 saturated heterocycles. The van der Waals surface area contributed by atoms with Crippen molar-refractivity contribution in [1.82, 2.24) is 15.5 Å². The number of anilines is 1. The van der Waals surface area contributed by atoms with Crippen molar-refractivity contribution in [2.24, 2.45) is 0 Å². The van der Waals surface area contributed by atoms with Crippen LogP contribution in [-0.4, -0.2) is 62.7 Å². The SMILES string of the molecule is COc1ccc(CCNC(=O)CSc2nnc(NC(=O)c3ccc(OC)c(OC)c3)s2)cc1OC. The predicted octanol–water partition coefficient (Wildman–Crippen LogP) is 3.28. The summed E-state index contributed by atoms with van der Waals surface area (Å²) in [7, 11) is 6.20. The zero-order chi connectivity index (χ0) is 25.2. The van der Waals surface area contributed by atoms with Crippen molar-refractivity contribution < 1.29 is 28.5 Å². The third-order valence-corrected chi connectivity index (χ3v) is 6.76. The van der Waals surface area contributed by atoms with E-state index >= 15 is 0 Å². The van der Waals surface area contributed by atoms with E-state index in [4.69, 9.17) is 18.9 Å². The van der Waals surface area contributed by atoms with Gasteiger partial charge in [-0.25, -0.2) is 0 Å². The van der Waals surface area contributed by atoms with Crippen molar-refractivity contribution >= 4 is 40.0 Å². The van der Waals surface area contributed by atoms with E-state index in [2.05, 4.69) is 20.8 Å². The van der Waals surface area contributed by atoms with Gasteiger partial charge in [-0.05, 0) is 42.3 Å². The van der Waals surface area contributed by atoms with Crippen molar-refractivity contribution in [1.29, 1.82) is 0 Å². The highest BCUT2D eigenvalue weighted by molar-refractivity contribution is 8.01. The third kappa shape index (κ3) is 7.23. The molecule has 0 fully saturated rings.